The summed E-state index contributed by atoms with van der Waals surface area (Å²) >= 11 is 1.02. The number of rotatable bonds is 3. The lowest BCUT2D eigenvalue weighted by molar-refractivity contribution is 0.574. The topological polar surface area (TPSA) is 85.6 Å². The Bertz CT molecular complexity index is 740. The minimum atomic E-state index is -0.680. The van der Waals surface area contributed by atoms with Crippen molar-refractivity contribution >= 4 is 22.0 Å². The molecule has 0 unspecified atom stereocenters. The highest BCUT2D eigenvalue weighted by molar-refractivity contribution is 7.17. The molecule has 20 heavy (non-hydrogen) atoms. The third-order valence-corrected chi connectivity index (χ3v) is 3.68. The van der Waals surface area contributed by atoms with E-state index >= 15 is 0 Å². The van der Waals surface area contributed by atoms with Gasteiger partial charge >= 0.3 is 0 Å². The first-order chi connectivity index (χ1) is 9.56. The summed E-state index contributed by atoms with van der Waals surface area (Å²) in [7, 11) is 0. The smallest absolute Gasteiger partial charge is 0.131 e. The van der Waals surface area contributed by atoms with Gasteiger partial charge in [-0.2, -0.15) is 10.5 Å². The largest absolute Gasteiger partial charge is 0.396 e. The van der Waals surface area contributed by atoms with Crippen molar-refractivity contribution in [3.8, 4) is 12.1 Å². The fraction of sp³-hybridized carbons (Fsp3) is 0.0769. The van der Waals surface area contributed by atoms with Crippen molar-refractivity contribution in [3.05, 3.63) is 45.8 Å². The highest BCUT2D eigenvalue weighted by Crippen LogP contribution is 2.34. The van der Waals surface area contributed by atoms with Crippen molar-refractivity contribution in [2.45, 2.75) is 6.54 Å². The van der Waals surface area contributed by atoms with Gasteiger partial charge in [0.15, 0.2) is 0 Å². The number of halogens is 2. The van der Waals surface area contributed by atoms with Gasteiger partial charge in [-0.3, -0.25) is 0 Å². The van der Waals surface area contributed by atoms with Crippen LogP contribution in [0.4, 0.5) is 19.5 Å². The summed E-state index contributed by atoms with van der Waals surface area (Å²) in [5, 5.41) is 21.1. The summed E-state index contributed by atoms with van der Waals surface area (Å²) in [5.41, 5.74) is 6.17. The number of nitriles is 2. The summed E-state index contributed by atoms with van der Waals surface area (Å²) < 4.78 is 26.2. The first kappa shape index (κ1) is 13.8. The molecule has 0 aliphatic heterocycles. The van der Waals surface area contributed by atoms with Crippen LogP contribution in [0, 0.1) is 34.3 Å². The van der Waals surface area contributed by atoms with Gasteiger partial charge in [0.2, 0.25) is 0 Å². The molecule has 0 spiro atoms. The van der Waals surface area contributed by atoms with Crippen LogP contribution in [0.2, 0.25) is 0 Å². The Balaban J connectivity index is 2.24. The molecule has 0 saturated heterocycles. The molecule has 0 bridgehead atoms. The SMILES string of the molecule is N#Cc1sc(NCc2ccc(F)cc2F)c(C#N)c1N. The average molecular weight is 290 g/mol. The zero-order valence-corrected chi connectivity index (χ0v) is 10.9. The zero-order valence-electron chi connectivity index (χ0n) is 10.1. The van der Waals surface area contributed by atoms with E-state index in [2.05, 4.69) is 5.32 Å². The molecular weight excluding hydrogens is 282 g/mol. The molecule has 0 aliphatic rings. The van der Waals surface area contributed by atoms with Crippen LogP contribution in [0.3, 0.4) is 0 Å². The van der Waals surface area contributed by atoms with Gasteiger partial charge in [0.05, 0.1) is 5.69 Å². The number of nitrogens with two attached hydrogens (primary N) is 1. The first-order valence-electron chi connectivity index (χ1n) is 5.47. The molecular formula is C13H8F2N4S. The molecule has 0 aliphatic carbocycles. The summed E-state index contributed by atoms with van der Waals surface area (Å²) in [5.74, 6) is -1.34. The molecule has 1 aromatic carbocycles. The van der Waals surface area contributed by atoms with Gasteiger partial charge in [0.25, 0.3) is 0 Å². The number of nitrogens with zero attached hydrogens (tertiary/aromatic N) is 2. The number of thiophene rings is 1. The van der Waals surface area contributed by atoms with Crippen molar-refractivity contribution < 1.29 is 8.78 Å². The molecule has 0 saturated carbocycles. The molecule has 1 aromatic heterocycles. The minimum Gasteiger partial charge on any atom is -0.396 e. The minimum absolute atomic E-state index is 0.0611. The van der Waals surface area contributed by atoms with Crippen LogP contribution < -0.4 is 11.1 Å². The molecule has 2 aromatic rings. The van der Waals surface area contributed by atoms with E-state index in [1.807, 2.05) is 12.1 Å². The van der Waals surface area contributed by atoms with Crippen molar-refractivity contribution in [2.24, 2.45) is 0 Å². The lowest BCUT2D eigenvalue weighted by Crippen LogP contribution is -2.02. The maximum atomic E-state index is 13.5. The van der Waals surface area contributed by atoms with Gasteiger partial charge in [-0.15, -0.1) is 11.3 Å². The molecule has 3 N–H and O–H groups in total. The second-order valence-corrected chi connectivity index (χ2v) is 4.88. The molecule has 0 fully saturated rings. The lowest BCUT2D eigenvalue weighted by atomic mass is 10.2. The van der Waals surface area contributed by atoms with E-state index in [1.165, 1.54) is 6.07 Å². The van der Waals surface area contributed by atoms with Crippen LogP contribution in [-0.2, 0) is 6.54 Å². The van der Waals surface area contributed by atoms with Gasteiger partial charge in [-0.05, 0) is 6.07 Å². The Kier molecular flexibility index (Phi) is 3.83. The van der Waals surface area contributed by atoms with E-state index in [0.717, 1.165) is 23.5 Å². The maximum absolute atomic E-state index is 13.5. The monoisotopic (exact) mass is 290 g/mol. The number of nitrogen functional groups attached to an aromatic ring is 1. The molecule has 0 amide bonds. The fourth-order valence-electron chi connectivity index (χ4n) is 1.60. The third kappa shape index (κ3) is 2.53. The zero-order chi connectivity index (χ0) is 14.7. The maximum Gasteiger partial charge on any atom is 0.131 e. The number of hydrogen-bond donors (Lipinski definition) is 2. The van der Waals surface area contributed by atoms with Gasteiger partial charge in [-0.1, -0.05) is 6.07 Å². The standard InChI is InChI=1S/C13H8F2N4S/c14-8-2-1-7(10(15)3-8)6-19-13-9(4-16)12(18)11(5-17)20-13/h1-3,19H,6,18H2. The van der Waals surface area contributed by atoms with E-state index in [0.29, 0.717) is 5.00 Å². The first-order valence-corrected chi connectivity index (χ1v) is 6.28. The number of benzene rings is 1. The molecule has 100 valence electrons. The molecule has 0 atom stereocenters. The van der Waals surface area contributed by atoms with Gasteiger partial charge < -0.3 is 11.1 Å². The Morgan fingerprint density at radius 3 is 2.60 bits per heavy atom. The third-order valence-electron chi connectivity index (χ3n) is 2.61. The Hall–Kier alpha value is -2.64. The van der Waals surface area contributed by atoms with E-state index in [9.17, 15) is 8.78 Å². The highest BCUT2D eigenvalue weighted by Gasteiger charge is 2.15. The van der Waals surface area contributed by atoms with Gasteiger partial charge in [-0.25, -0.2) is 8.78 Å². The normalized spacial score (nSPS) is 9.80. The van der Waals surface area contributed by atoms with E-state index in [1.54, 1.807) is 0 Å². The Labute approximate surface area is 117 Å². The van der Waals surface area contributed by atoms with Crippen LogP contribution in [0.1, 0.15) is 16.0 Å². The summed E-state index contributed by atoms with van der Waals surface area (Å²) in [6.07, 6.45) is 0. The Morgan fingerprint density at radius 2 is 2.00 bits per heavy atom. The Morgan fingerprint density at radius 1 is 1.25 bits per heavy atom. The lowest BCUT2D eigenvalue weighted by Gasteiger charge is -2.05. The van der Waals surface area contributed by atoms with Crippen LogP contribution >= 0.6 is 11.3 Å². The number of hydrogen-bond acceptors (Lipinski definition) is 5. The second kappa shape index (κ2) is 5.55. The van der Waals surface area contributed by atoms with Gasteiger partial charge in [0, 0.05) is 18.2 Å². The van der Waals surface area contributed by atoms with Gasteiger partial charge in [0.1, 0.15) is 39.2 Å². The van der Waals surface area contributed by atoms with Crippen molar-refractivity contribution in [3.63, 3.8) is 0 Å². The van der Waals surface area contributed by atoms with Crippen LogP contribution in [0.15, 0.2) is 18.2 Å². The predicted molar refractivity (Wildman–Crippen MR) is 71.8 cm³/mol. The van der Waals surface area contributed by atoms with Crippen molar-refractivity contribution in [2.75, 3.05) is 11.1 Å². The van der Waals surface area contributed by atoms with E-state index in [-0.39, 0.29) is 28.2 Å². The van der Waals surface area contributed by atoms with E-state index < -0.39 is 11.6 Å². The molecule has 2 rings (SSSR count). The highest BCUT2D eigenvalue weighted by atomic mass is 32.1. The molecule has 4 nitrogen and oxygen atoms in total. The van der Waals surface area contributed by atoms with Crippen LogP contribution in [0.5, 0.6) is 0 Å². The fourth-order valence-corrected chi connectivity index (χ4v) is 2.47. The van der Waals surface area contributed by atoms with Crippen molar-refractivity contribution in [1.82, 2.24) is 0 Å². The van der Waals surface area contributed by atoms with Crippen LogP contribution in [0.25, 0.3) is 0 Å². The number of anilines is 2. The summed E-state index contributed by atoms with van der Waals surface area (Å²) in [6.45, 7) is 0.0611. The van der Waals surface area contributed by atoms with E-state index in [4.69, 9.17) is 16.3 Å². The predicted octanol–water partition coefficient (Wildman–Crippen LogP) is 2.96. The second-order valence-electron chi connectivity index (χ2n) is 3.86. The summed E-state index contributed by atoms with van der Waals surface area (Å²) in [6, 6.07) is 7.03. The summed E-state index contributed by atoms with van der Waals surface area (Å²) in [4.78, 5) is 0.226. The molecule has 0 radical (unpaired) electrons. The molecule has 1 heterocycles. The van der Waals surface area contributed by atoms with Crippen LogP contribution in [-0.4, -0.2) is 0 Å². The quantitative estimate of drug-likeness (QED) is 0.910. The average Bonchev–Trinajstić information content (AvgIpc) is 2.73. The number of nitrogens with one attached hydrogen (secondary N) is 1. The van der Waals surface area contributed by atoms with Crippen molar-refractivity contribution in [1.29, 1.82) is 10.5 Å². The molecule has 7 heteroatoms.